The zero-order valence-corrected chi connectivity index (χ0v) is 14.5. The molecule has 24 heavy (non-hydrogen) atoms. The summed E-state index contributed by atoms with van der Waals surface area (Å²) in [5.74, 6) is -0.160. The maximum absolute atomic E-state index is 12.3. The first-order chi connectivity index (χ1) is 11.5. The van der Waals surface area contributed by atoms with E-state index >= 15 is 0 Å². The van der Waals surface area contributed by atoms with Crippen LogP contribution in [0.2, 0.25) is 0 Å². The molecule has 0 bridgehead atoms. The van der Waals surface area contributed by atoms with Crippen LogP contribution in [0.4, 0.5) is 0 Å². The van der Waals surface area contributed by atoms with Gasteiger partial charge in [-0.05, 0) is 42.9 Å². The molecule has 2 aromatic rings. The molecule has 0 aliphatic rings. The molecule has 0 fully saturated rings. The van der Waals surface area contributed by atoms with Crippen LogP contribution in [0.15, 0.2) is 47.4 Å². The summed E-state index contributed by atoms with van der Waals surface area (Å²) in [6.45, 7) is 1.49. The molecular weight excluding hydrogens is 326 g/mol. The topological polar surface area (TPSA) is 87.3 Å². The number of hydrogen-bond acceptors (Lipinski definition) is 4. The second-order valence-electron chi connectivity index (χ2n) is 5.46. The Balaban J connectivity index is 1.87. The van der Waals surface area contributed by atoms with E-state index in [0.717, 1.165) is 23.7 Å². The third-order valence-electron chi connectivity index (χ3n) is 3.60. The van der Waals surface area contributed by atoms with Crippen LogP contribution in [0.3, 0.4) is 0 Å². The van der Waals surface area contributed by atoms with Gasteiger partial charge in [-0.2, -0.15) is 0 Å². The minimum Gasteiger partial charge on any atom is -0.356 e. The molecular formula is C17H23N3O3S. The Morgan fingerprint density at radius 2 is 1.75 bits per heavy atom. The average Bonchev–Trinajstić information content (AvgIpc) is 2.58. The van der Waals surface area contributed by atoms with Crippen molar-refractivity contribution < 1.29 is 13.2 Å². The normalized spacial score (nSPS) is 11.5. The number of fused-ring (bicyclic) bond motifs is 1. The average molecular weight is 349 g/mol. The highest BCUT2D eigenvalue weighted by atomic mass is 32.2. The molecule has 0 aromatic heterocycles. The van der Waals surface area contributed by atoms with E-state index < -0.39 is 10.0 Å². The van der Waals surface area contributed by atoms with Gasteiger partial charge in [0.15, 0.2) is 0 Å². The van der Waals surface area contributed by atoms with Crippen molar-refractivity contribution in [1.82, 2.24) is 15.4 Å². The molecule has 3 N–H and O–H groups in total. The van der Waals surface area contributed by atoms with Crippen LogP contribution in [0.1, 0.15) is 12.8 Å². The number of carbonyl (C=O) groups is 1. The van der Waals surface area contributed by atoms with Gasteiger partial charge in [-0.1, -0.05) is 30.3 Å². The molecule has 0 aliphatic carbocycles. The Labute approximate surface area is 142 Å². The largest absolute Gasteiger partial charge is 0.356 e. The van der Waals surface area contributed by atoms with Crippen molar-refractivity contribution in [2.45, 2.75) is 17.7 Å². The van der Waals surface area contributed by atoms with Crippen LogP contribution < -0.4 is 15.4 Å². The van der Waals surface area contributed by atoms with Gasteiger partial charge in [0.05, 0.1) is 4.90 Å². The Morgan fingerprint density at radius 3 is 2.50 bits per heavy atom. The van der Waals surface area contributed by atoms with Crippen molar-refractivity contribution in [3.63, 3.8) is 0 Å². The van der Waals surface area contributed by atoms with E-state index in [-0.39, 0.29) is 23.8 Å². The van der Waals surface area contributed by atoms with Crippen LogP contribution >= 0.6 is 0 Å². The fraction of sp³-hybridized carbons (Fsp3) is 0.353. The Bertz CT molecular complexity index is 791. The number of rotatable bonds is 9. The quantitative estimate of drug-likeness (QED) is 0.594. The summed E-state index contributed by atoms with van der Waals surface area (Å²) >= 11 is 0. The Kier molecular flexibility index (Phi) is 6.72. The highest BCUT2D eigenvalue weighted by molar-refractivity contribution is 7.89. The van der Waals surface area contributed by atoms with Gasteiger partial charge < -0.3 is 10.6 Å². The first-order valence-electron chi connectivity index (χ1n) is 7.93. The van der Waals surface area contributed by atoms with E-state index in [0.29, 0.717) is 6.54 Å². The molecule has 6 nitrogen and oxygen atoms in total. The van der Waals surface area contributed by atoms with Crippen LogP contribution in [0.25, 0.3) is 10.8 Å². The van der Waals surface area contributed by atoms with E-state index in [1.807, 2.05) is 31.3 Å². The number of sulfonamides is 1. The fourth-order valence-electron chi connectivity index (χ4n) is 2.30. The second-order valence-corrected chi connectivity index (χ2v) is 7.23. The van der Waals surface area contributed by atoms with Crippen LogP contribution in [0, 0.1) is 0 Å². The van der Waals surface area contributed by atoms with Crippen LogP contribution in [-0.2, 0) is 14.8 Å². The summed E-state index contributed by atoms with van der Waals surface area (Å²) < 4.78 is 27.1. The lowest BCUT2D eigenvalue weighted by atomic mass is 10.1. The third kappa shape index (κ3) is 5.30. The lowest BCUT2D eigenvalue weighted by Crippen LogP contribution is -2.31. The summed E-state index contributed by atoms with van der Waals surface area (Å²) in [5, 5.41) is 7.59. The summed E-state index contributed by atoms with van der Waals surface area (Å²) in [4.78, 5) is 11.8. The number of carbonyl (C=O) groups excluding carboxylic acids is 1. The first-order valence-corrected chi connectivity index (χ1v) is 9.41. The smallest absolute Gasteiger partial charge is 0.240 e. The standard InChI is InChI=1S/C17H23N3O3S/c1-18-10-4-11-19-17(21)9-12-20-24(22,23)16-8-7-14-5-2-3-6-15(14)13-16/h2-3,5-8,13,18,20H,4,9-12H2,1H3,(H,19,21). The van der Waals surface area contributed by atoms with Crippen LogP contribution in [0.5, 0.6) is 0 Å². The number of amides is 1. The predicted octanol–water partition coefficient (Wildman–Crippen LogP) is 1.23. The molecule has 0 radical (unpaired) electrons. The van der Waals surface area contributed by atoms with Crippen LogP contribution in [-0.4, -0.2) is 41.0 Å². The molecule has 7 heteroatoms. The number of nitrogens with one attached hydrogen (secondary N) is 3. The minimum atomic E-state index is -3.62. The highest BCUT2D eigenvalue weighted by Crippen LogP contribution is 2.18. The number of hydrogen-bond donors (Lipinski definition) is 3. The maximum atomic E-state index is 12.3. The monoisotopic (exact) mass is 349 g/mol. The Hall–Kier alpha value is -1.96. The van der Waals surface area contributed by atoms with Crippen molar-refractivity contribution in [2.75, 3.05) is 26.7 Å². The van der Waals surface area contributed by atoms with E-state index in [4.69, 9.17) is 0 Å². The van der Waals surface area contributed by atoms with Gasteiger partial charge in [0.1, 0.15) is 0 Å². The highest BCUT2D eigenvalue weighted by Gasteiger charge is 2.14. The molecule has 0 saturated carbocycles. The zero-order chi connectivity index (χ0) is 17.4. The first kappa shape index (κ1) is 18.4. The molecule has 0 spiro atoms. The molecule has 2 rings (SSSR count). The van der Waals surface area contributed by atoms with Gasteiger partial charge in [-0.15, -0.1) is 0 Å². The summed E-state index contributed by atoms with van der Waals surface area (Å²) in [5.41, 5.74) is 0. The molecule has 0 heterocycles. The van der Waals surface area contributed by atoms with Crippen molar-refractivity contribution in [3.8, 4) is 0 Å². The molecule has 0 atom stereocenters. The van der Waals surface area contributed by atoms with Crippen molar-refractivity contribution in [1.29, 1.82) is 0 Å². The zero-order valence-electron chi connectivity index (χ0n) is 13.7. The fourth-order valence-corrected chi connectivity index (χ4v) is 3.36. The molecule has 130 valence electrons. The van der Waals surface area contributed by atoms with Gasteiger partial charge in [0.25, 0.3) is 0 Å². The lowest BCUT2D eigenvalue weighted by Gasteiger charge is -2.08. The van der Waals surface area contributed by atoms with Gasteiger partial charge in [-0.25, -0.2) is 13.1 Å². The maximum Gasteiger partial charge on any atom is 0.240 e. The van der Waals surface area contributed by atoms with E-state index in [1.165, 1.54) is 0 Å². The lowest BCUT2D eigenvalue weighted by molar-refractivity contribution is -0.120. The summed E-state index contributed by atoms with van der Waals surface area (Å²) in [6, 6.07) is 12.6. The molecule has 0 aliphatic heterocycles. The summed E-state index contributed by atoms with van der Waals surface area (Å²) in [6.07, 6.45) is 0.956. The van der Waals surface area contributed by atoms with E-state index in [9.17, 15) is 13.2 Å². The number of benzene rings is 2. The van der Waals surface area contributed by atoms with E-state index in [1.54, 1.807) is 18.2 Å². The molecule has 0 unspecified atom stereocenters. The Morgan fingerprint density at radius 1 is 1.00 bits per heavy atom. The van der Waals surface area contributed by atoms with Gasteiger partial charge in [0.2, 0.25) is 15.9 Å². The second kappa shape index (κ2) is 8.77. The van der Waals surface area contributed by atoms with E-state index in [2.05, 4.69) is 15.4 Å². The molecule has 2 aromatic carbocycles. The summed E-state index contributed by atoms with van der Waals surface area (Å²) in [7, 11) is -1.77. The van der Waals surface area contributed by atoms with Crippen molar-refractivity contribution in [2.24, 2.45) is 0 Å². The SMILES string of the molecule is CNCCCNC(=O)CCNS(=O)(=O)c1ccc2ccccc2c1. The van der Waals surface area contributed by atoms with Crippen molar-refractivity contribution >= 4 is 26.7 Å². The third-order valence-corrected chi connectivity index (χ3v) is 5.06. The molecule has 0 saturated heterocycles. The van der Waals surface area contributed by atoms with Gasteiger partial charge in [0, 0.05) is 19.5 Å². The predicted molar refractivity (Wildman–Crippen MR) is 95.3 cm³/mol. The van der Waals surface area contributed by atoms with Gasteiger partial charge in [-0.3, -0.25) is 4.79 Å². The van der Waals surface area contributed by atoms with Gasteiger partial charge >= 0.3 is 0 Å². The molecule has 1 amide bonds. The van der Waals surface area contributed by atoms with Crippen molar-refractivity contribution in [3.05, 3.63) is 42.5 Å². The minimum absolute atomic E-state index is 0.0764.